The first kappa shape index (κ1) is 22.6. The predicted octanol–water partition coefficient (Wildman–Crippen LogP) is 4.83. The van der Waals surface area contributed by atoms with Crippen LogP contribution in [-0.2, 0) is 11.3 Å². The molecule has 1 aliphatic rings. The number of ether oxygens (including phenoxy) is 1. The highest BCUT2D eigenvalue weighted by Crippen LogP contribution is 2.30. The van der Waals surface area contributed by atoms with Crippen LogP contribution in [0, 0.1) is 6.92 Å². The number of fused-ring (bicyclic) bond motifs is 1. The molecule has 2 aromatic carbocycles. The van der Waals surface area contributed by atoms with E-state index in [1.807, 2.05) is 48.0 Å². The number of carbonyl (C=O) groups excluding carboxylic acids is 2. The van der Waals surface area contributed by atoms with E-state index < -0.39 is 0 Å². The second-order valence-electron chi connectivity index (χ2n) is 8.07. The summed E-state index contributed by atoms with van der Waals surface area (Å²) in [6, 6.07) is 16.6. The molecule has 5 rings (SSSR count). The van der Waals surface area contributed by atoms with Gasteiger partial charge < -0.3 is 15.0 Å². The third-order valence-electron chi connectivity index (χ3n) is 5.81. The SMILES string of the molecule is Cc1nn(Cc2ccccc2Cl)c2sc(C(=O)Nc3ccccc3C(=O)N3CCOCC3)cc12. The van der Waals surface area contributed by atoms with Crippen molar-refractivity contribution >= 4 is 50.7 Å². The van der Waals surface area contributed by atoms with Gasteiger partial charge in [-0.3, -0.25) is 14.3 Å². The van der Waals surface area contributed by atoms with E-state index in [0.29, 0.717) is 54.0 Å². The van der Waals surface area contributed by atoms with Crippen LogP contribution < -0.4 is 5.32 Å². The highest BCUT2D eigenvalue weighted by molar-refractivity contribution is 7.20. The smallest absolute Gasteiger partial charge is 0.265 e. The second-order valence-corrected chi connectivity index (χ2v) is 9.51. The Bertz CT molecular complexity index is 1370. The van der Waals surface area contributed by atoms with Gasteiger partial charge in [0.1, 0.15) is 4.83 Å². The number of nitrogens with zero attached hydrogens (tertiary/aromatic N) is 3. The molecule has 7 nitrogen and oxygen atoms in total. The molecule has 9 heteroatoms. The zero-order valence-electron chi connectivity index (χ0n) is 18.6. The van der Waals surface area contributed by atoms with Crippen LogP contribution in [0.3, 0.4) is 0 Å². The van der Waals surface area contributed by atoms with Crippen molar-refractivity contribution in [1.82, 2.24) is 14.7 Å². The van der Waals surface area contributed by atoms with Crippen molar-refractivity contribution < 1.29 is 14.3 Å². The monoisotopic (exact) mass is 494 g/mol. The fraction of sp³-hybridized carbons (Fsp3) is 0.240. The fourth-order valence-electron chi connectivity index (χ4n) is 4.02. The molecule has 4 aromatic rings. The summed E-state index contributed by atoms with van der Waals surface area (Å²) in [5.74, 6) is -0.367. The molecule has 2 aromatic heterocycles. The largest absolute Gasteiger partial charge is 0.378 e. The van der Waals surface area contributed by atoms with Gasteiger partial charge >= 0.3 is 0 Å². The maximum atomic E-state index is 13.2. The number of hydrogen-bond acceptors (Lipinski definition) is 5. The molecule has 2 amide bonds. The Kier molecular flexibility index (Phi) is 6.36. The molecule has 0 saturated carbocycles. The molecule has 0 bridgehead atoms. The summed E-state index contributed by atoms with van der Waals surface area (Å²) in [5.41, 5.74) is 2.78. The van der Waals surface area contributed by atoms with Crippen LogP contribution in [0.2, 0.25) is 5.02 Å². The number of para-hydroxylation sites is 1. The van der Waals surface area contributed by atoms with Gasteiger partial charge in [0.25, 0.3) is 11.8 Å². The fourth-order valence-corrected chi connectivity index (χ4v) is 5.27. The van der Waals surface area contributed by atoms with E-state index in [2.05, 4.69) is 10.4 Å². The lowest BCUT2D eigenvalue weighted by Crippen LogP contribution is -2.41. The molecular weight excluding hydrogens is 472 g/mol. The summed E-state index contributed by atoms with van der Waals surface area (Å²) in [5, 5.41) is 9.18. The number of thiophene rings is 1. The molecule has 0 aliphatic carbocycles. The molecule has 0 unspecified atom stereocenters. The Morgan fingerprint density at radius 2 is 1.85 bits per heavy atom. The van der Waals surface area contributed by atoms with Gasteiger partial charge in [-0.1, -0.05) is 41.9 Å². The van der Waals surface area contributed by atoms with Gasteiger partial charge in [0, 0.05) is 23.5 Å². The number of amides is 2. The van der Waals surface area contributed by atoms with Crippen molar-refractivity contribution in [3.05, 3.63) is 81.3 Å². The first-order valence-corrected chi connectivity index (χ1v) is 12.2. The molecule has 0 spiro atoms. The highest BCUT2D eigenvalue weighted by atomic mass is 35.5. The molecule has 0 atom stereocenters. The van der Waals surface area contributed by atoms with E-state index in [9.17, 15) is 9.59 Å². The Labute approximate surface area is 205 Å². The quantitative estimate of drug-likeness (QED) is 0.431. The number of rotatable bonds is 5. The lowest BCUT2D eigenvalue weighted by Gasteiger charge is -2.27. The third-order valence-corrected chi connectivity index (χ3v) is 7.33. The summed E-state index contributed by atoms with van der Waals surface area (Å²) in [7, 11) is 0. The van der Waals surface area contributed by atoms with Gasteiger partial charge in [-0.25, -0.2) is 0 Å². The average molecular weight is 495 g/mol. The molecule has 1 saturated heterocycles. The number of aromatic nitrogens is 2. The zero-order chi connectivity index (χ0) is 23.7. The maximum absolute atomic E-state index is 13.2. The summed E-state index contributed by atoms with van der Waals surface area (Å²) < 4.78 is 7.22. The molecular formula is C25H23ClN4O3S. The maximum Gasteiger partial charge on any atom is 0.265 e. The van der Waals surface area contributed by atoms with Gasteiger partial charge in [-0.05, 0) is 36.8 Å². The van der Waals surface area contributed by atoms with Gasteiger partial charge in [0.2, 0.25) is 0 Å². The number of hydrogen-bond donors (Lipinski definition) is 1. The molecule has 1 N–H and O–H groups in total. The van der Waals surface area contributed by atoms with Gasteiger partial charge in [-0.15, -0.1) is 11.3 Å². The van der Waals surface area contributed by atoms with Crippen molar-refractivity contribution in [3.8, 4) is 0 Å². The van der Waals surface area contributed by atoms with Crippen molar-refractivity contribution in [2.24, 2.45) is 0 Å². The summed E-state index contributed by atoms with van der Waals surface area (Å²) >= 11 is 7.71. The van der Waals surface area contributed by atoms with Crippen LogP contribution in [0.5, 0.6) is 0 Å². The normalized spacial score (nSPS) is 13.9. The number of nitrogens with one attached hydrogen (secondary N) is 1. The van der Waals surface area contributed by atoms with Crippen LogP contribution in [0.15, 0.2) is 54.6 Å². The molecule has 1 fully saturated rings. The van der Waals surface area contributed by atoms with E-state index in [0.717, 1.165) is 21.5 Å². The number of aryl methyl sites for hydroxylation is 1. The Morgan fingerprint density at radius 1 is 1.12 bits per heavy atom. The highest BCUT2D eigenvalue weighted by Gasteiger charge is 2.23. The summed E-state index contributed by atoms with van der Waals surface area (Å²) in [4.78, 5) is 29.4. The van der Waals surface area contributed by atoms with Crippen LogP contribution in [-0.4, -0.2) is 52.8 Å². The van der Waals surface area contributed by atoms with Crippen molar-refractivity contribution in [2.75, 3.05) is 31.6 Å². The minimum atomic E-state index is -0.257. The van der Waals surface area contributed by atoms with Crippen molar-refractivity contribution in [1.29, 1.82) is 0 Å². The van der Waals surface area contributed by atoms with Gasteiger partial charge in [-0.2, -0.15) is 5.10 Å². The molecule has 174 valence electrons. The number of benzene rings is 2. The van der Waals surface area contributed by atoms with Crippen LogP contribution >= 0.6 is 22.9 Å². The Hall–Kier alpha value is -3.20. The lowest BCUT2D eigenvalue weighted by atomic mass is 10.1. The van der Waals surface area contributed by atoms with Gasteiger partial charge in [0.15, 0.2) is 0 Å². The number of anilines is 1. The van der Waals surface area contributed by atoms with E-state index in [4.69, 9.17) is 16.3 Å². The number of carbonyl (C=O) groups is 2. The number of halogens is 1. The predicted molar refractivity (Wildman–Crippen MR) is 134 cm³/mol. The standard InChI is InChI=1S/C25H23ClN4O3S/c1-16-19-14-22(34-25(19)30(28-16)15-17-6-2-4-8-20(17)26)23(31)27-21-9-5-3-7-18(21)24(32)29-10-12-33-13-11-29/h2-9,14H,10-13,15H2,1H3,(H,27,31). The van der Waals surface area contributed by atoms with Crippen LogP contribution in [0.4, 0.5) is 5.69 Å². The van der Waals surface area contributed by atoms with E-state index >= 15 is 0 Å². The molecule has 3 heterocycles. The zero-order valence-corrected chi connectivity index (χ0v) is 20.2. The first-order valence-electron chi connectivity index (χ1n) is 11.0. The second kappa shape index (κ2) is 9.58. The molecule has 1 aliphatic heterocycles. The third kappa shape index (κ3) is 4.44. The number of morpholine rings is 1. The van der Waals surface area contributed by atoms with Crippen LogP contribution in [0.1, 0.15) is 31.3 Å². The first-order chi connectivity index (χ1) is 16.5. The Balaban J connectivity index is 1.40. The van der Waals surface area contributed by atoms with E-state index in [-0.39, 0.29) is 11.8 Å². The van der Waals surface area contributed by atoms with Gasteiger partial charge in [0.05, 0.1) is 41.6 Å². The minimum absolute atomic E-state index is 0.109. The molecule has 0 radical (unpaired) electrons. The van der Waals surface area contributed by atoms with Crippen molar-refractivity contribution in [2.45, 2.75) is 13.5 Å². The summed E-state index contributed by atoms with van der Waals surface area (Å²) in [6.07, 6.45) is 0. The minimum Gasteiger partial charge on any atom is -0.378 e. The lowest BCUT2D eigenvalue weighted by molar-refractivity contribution is 0.0303. The average Bonchev–Trinajstić information content (AvgIpc) is 3.42. The van der Waals surface area contributed by atoms with E-state index in [1.165, 1.54) is 11.3 Å². The van der Waals surface area contributed by atoms with Crippen LogP contribution in [0.25, 0.3) is 10.2 Å². The van der Waals surface area contributed by atoms with E-state index in [1.54, 1.807) is 23.1 Å². The topological polar surface area (TPSA) is 76.5 Å². The van der Waals surface area contributed by atoms with Crippen molar-refractivity contribution in [3.63, 3.8) is 0 Å². The molecule has 34 heavy (non-hydrogen) atoms. The Morgan fingerprint density at radius 3 is 2.65 bits per heavy atom. The summed E-state index contributed by atoms with van der Waals surface area (Å²) in [6.45, 7) is 4.56.